The zero-order valence-electron chi connectivity index (χ0n) is 21.8. The summed E-state index contributed by atoms with van der Waals surface area (Å²) < 4.78 is 10.2. The second kappa shape index (κ2) is 15.1. The van der Waals surface area contributed by atoms with Crippen molar-refractivity contribution in [2.45, 2.75) is 83.6 Å². The highest BCUT2D eigenvalue weighted by atomic mass is 16.5. The zero-order chi connectivity index (χ0) is 25.6. The second-order valence-electron chi connectivity index (χ2n) is 9.11. The van der Waals surface area contributed by atoms with Crippen LogP contribution in [0.2, 0.25) is 0 Å². The lowest BCUT2D eigenvalue weighted by atomic mass is 9.82. The first-order valence-electron chi connectivity index (χ1n) is 12.8. The molecule has 0 fully saturated rings. The highest BCUT2D eigenvalue weighted by Gasteiger charge is 2.33. The van der Waals surface area contributed by atoms with Gasteiger partial charge in [-0.2, -0.15) is 0 Å². The predicted molar refractivity (Wildman–Crippen MR) is 141 cm³/mol. The van der Waals surface area contributed by atoms with Gasteiger partial charge in [-0.05, 0) is 42.9 Å². The SMILES string of the molecule is C=C(C=CCC(CCCCCCCCC)c1ccccc1C1NC(=O)NC(C)=C1C(=O)OC)OC. The quantitative estimate of drug-likeness (QED) is 0.124. The fraction of sp³-hybridized carbons (Fsp3) is 0.517. The lowest BCUT2D eigenvalue weighted by molar-refractivity contribution is -0.136. The van der Waals surface area contributed by atoms with Gasteiger partial charge in [0, 0.05) is 5.70 Å². The first kappa shape index (κ1) is 28.2. The summed E-state index contributed by atoms with van der Waals surface area (Å²) in [6.45, 7) is 7.85. The summed E-state index contributed by atoms with van der Waals surface area (Å²) in [5, 5.41) is 5.65. The van der Waals surface area contributed by atoms with Gasteiger partial charge in [-0.3, -0.25) is 0 Å². The largest absolute Gasteiger partial charge is 0.497 e. The monoisotopic (exact) mass is 482 g/mol. The molecular weight excluding hydrogens is 440 g/mol. The molecule has 0 aliphatic carbocycles. The molecule has 2 N–H and O–H groups in total. The molecule has 2 rings (SSSR count). The summed E-state index contributed by atoms with van der Waals surface area (Å²) in [6.07, 6.45) is 14.6. The number of hydrogen-bond acceptors (Lipinski definition) is 4. The maximum atomic E-state index is 12.6. The highest BCUT2D eigenvalue weighted by molar-refractivity contribution is 5.95. The lowest BCUT2D eigenvalue weighted by Gasteiger charge is -2.31. The van der Waals surface area contributed by atoms with Crippen LogP contribution in [0.4, 0.5) is 4.79 Å². The van der Waals surface area contributed by atoms with Gasteiger partial charge in [0.05, 0.1) is 25.8 Å². The minimum atomic E-state index is -0.568. The molecule has 0 radical (unpaired) electrons. The third-order valence-electron chi connectivity index (χ3n) is 6.56. The van der Waals surface area contributed by atoms with Crippen molar-refractivity contribution in [3.63, 3.8) is 0 Å². The Hall–Kier alpha value is -3.02. The van der Waals surface area contributed by atoms with Crippen molar-refractivity contribution in [1.29, 1.82) is 0 Å². The molecule has 1 aromatic carbocycles. The Morgan fingerprint density at radius 2 is 1.77 bits per heavy atom. The molecule has 2 amide bonds. The van der Waals surface area contributed by atoms with Crippen molar-refractivity contribution >= 4 is 12.0 Å². The van der Waals surface area contributed by atoms with Crippen LogP contribution >= 0.6 is 0 Å². The molecule has 6 nitrogen and oxygen atoms in total. The number of allylic oxidation sites excluding steroid dienone is 3. The number of methoxy groups -OCH3 is 2. The fourth-order valence-electron chi connectivity index (χ4n) is 4.63. The Bertz CT molecular complexity index is 919. The predicted octanol–water partition coefficient (Wildman–Crippen LogP) is 6.82. The van der Waals surface area contributed by atoms with E-state index in [0.29, 0.717) is 17.0 Å². The van der Waals surface area contributed by atoms with Crippen LogP contribution in [-0.2, 0) is 14.3 Å². The van der Waals surface area contributed by atoms with E-state index < -0.39 is 12.0 Å². The number of urea groups is 1. The molecule has 2 atom stereocenters. The van der Waals surface area contributed by atoms with Gasteiger partial charge in [0.1, 0.15) is 5.76 Å². The lowest BCUT2D eigenvalue weighted by Crippen LogP contribution is -2.45. The molecule has 0 spiro atoms. The highest BCUT2D eigenvalue weighted by Crippen LogP contribution is 2.36. The summed E-state index contributed by atoms with van der Waals surface area (Å²) in [7, 11) is 2.97. The Morgan fingerprint density at radius 1 is 1.09 bits per heavy atom. The van der Waals surface area contributed by atoms with E-state index >= 15 is 0 Å². The molecule has 1 aromatic rings. The zero-order valence-corrected chi connectivity index (χ0v) is 21.8. The first-order chi connectivity index (χ1) is 16.9. The number of benzene rings is 1. The van der Waals surface area contributed by atoms with Gasteiger partial charge >= 0.3 is 12.0 Å². The van der Waals surface area contributed by atoms with Crippen molar-refractivity contribution in [2.75, 3.05) is 14.2 Å². The van der Waals surface area contributed by atoms with Crippen molar-refractivity contribution in [3.8, 4) is 0 Å². The van der Waals surface area contributed by atoms with Gasteiger partial charge in [-0.15, -0.1) is 0 Å². The van der Waals surface area contributed by atoms with E-state index in [2.05, 4.69) is 36.3 Å². The summed E-state index contributed by atoms with van der Waals surface area (Å²) in [5.41, 5.74) is 3.00. The van der Waals surface area contributed by atoms with Crippen LogP contribution in [0, 0.1) is 0 Å². The average molecular weight is 483 g/mol. The van der Waals surface area contributed by atoms with E-state index in [1.165, 1.54) is 45.6 Å². The molecule has 1 aliphatic heterocycles. The van der Waals surface area contributed by atoms with Crippen LogP contribution in [0.25, 0.3) is 0 Å². The van der Waals surface area contributed by atoms with E-state index in [4.69, 9.17) is 9.47 Å². The van der Waals surface area contributed by atoms with E-state index in [9.17, 15) is 9.59 Å². The van der Waals surface area contributed by atoms with Gasteiger partial charge in [0.15, 0.2) is 0 Å². The maximum Gasteiger partial charge on any atom is 0.337 e. The molecule has 1 aliphatic rings. The van der Waals surface area contributed by atoms with Gasteiger partial charge in [-0.1, -0.05) is 88.8 Å². The van der Waals surface area contributed by atoms with Gasteiger partial charge in [0.2, 0.25) is 0 Å². The number of rotatable bonds is 15. The van der Waals surface area contributed by atoms with Crippen LogP contribution < -0.4 is 10.6 Å². The number of esters is 1. The minimum absolute atomic E-state index is 0.230. The first-order valence-corrected chi connectivity index (χ1v) is 12.8. The topological polar surface area (TPSA) is 76.7 Å². The number of hydrogen-bond donors (Lipinski definition) is 2. The van der Waals surface area contributed by atoms with Crippen LogP contribution in [0.5, 0.6) is 0 Å². The average Bonchev–Trinajstić information content (AvgIpc) is 2.86. The third-order valence-corrected chi connectivity index (χ3v) is 6.56. The number of nitrogens with one attached hydrogen (secondary N) is 2. The molecule has 1 heterocycles. The van der Waals surface area contributed by atoms with E-state index in [-0.39, 0.29) is 11.9 Å². The molecule has 192 valence electrons. The molecule has 35 heavy (non-hydrogen) atoms. The standard InChI is InChI=1S/C29H42N2O4/c1-6-7-8-9-10-11-12-17-23(18-15-16-21(2)34-4)24-19-13-14-20-25(24)27-26(28(32)35-5)22(3)30-29(33)31-27/h13-16,19-20,23,27H,2,6-12,17-18H2,1,3-5H3,(H2,30,31,33). The molecule has 2 unspecified atom stereocenters. The minimum Gasteiger partial charge on any atom is -0.497 e. The number of amides is 2. The van der Waals surface area contributed by atoms with Gasteiger partial charge < -0.3 is 20.1 Å². The summed E-state index contributed by atoms with van der Waals surface area (Å²) >= 11 is 0. The van der Waals surface area contributed by atoms with E-state index in [1.807, 2.05) is 24.3 Å². The Morgan fingerprint density at radius 3 is 2.46 bits per heavy atom. The van der Waals surface area contributed by atoms with Gasteiger partial charge in [0.25, 0.3) is 0 Å². The number of carbonyl (C=O) groups is 2. The van der Waals surface area contributed by atoms with Crippen LogP contribution in [-0.4, -0.2) is 26.2 Å². The molecule has 0 saturated carbocycles. The number of ether oxygens (including phenoxy) is 2. The van der Waals surface area contributed by atoms with Gasteiger partial charge in [-0.25, -0.2) is 9.59 Å². The molecular formula is C29H42N2O4. The molecule has 0 bridgehead atoms. The summed E-state index contributed by atoms with van der Waals surface area (Å²) in [5.74, 6) is 0.397. The fourth-order valence-corrected chi connectivity index (χ4v) is 4.63. The van der Waals surface area contributed by atoms with Crippen molar-refractivity contribution < 1.29 is 19.1 Å². The maximum absolute atomic E-state index is 12.6. The van der Waals surface area contributed by atoms with E-state index in [0.717, 1.165) is 30.4 Å². The Kier molecular flexibility index (Phi) is 12.2. The Labute approximate surface area is 210 Å². The van der Waals surface area contributed by atoms with E-state index in [1.54, 1.807) is 14.0 Å². The smallest absolute Gasteiger partial charge is 0.337 e. The summed E-state index contributed by atoms with van der Waals surface area (Å²) in [4.78, 5) is 25.0. The summed E-state index contributed by atoms with van der Waals surface area (Å²) in [6, 6.07) is 7.18. The van der Waals surface area contributed by atoms with Crippen LogP contribution in [0.1, 0.15) is 94.7 Å². The number of carbonyl (C=O) groups excluding carboxylic acids is 2. The molecule has 0 aromatic heterocycles. The van der Waals surface area contributed by atoms with Crippen LogP contribution in [0.3, 0.4) is 0 Å². The normalized spacial score (nSPS) is 16.6. The van der Waals surface area contributed by atoms with Crippen LogP contribution in [0.15, 0.2) is 60.0 Å². The number of unbranched alkanes of at least 4 members (excludes halogenated alkanes) is 6. The van der Waals surface area contributed by atoms with Crippen molar-refractivity contribution in [1.82, 2.24) is 10.6 Å². The molecule has 0 saturated heterocycles. The van der Waals surface area contributed by atoms with Crippen molar-refractivity contribution in [3.05, 3.63) is 71.2 Å². The van der Waals surface area contributed by atoms with Crippen molar-refractivity contribution in [2.24, 2.45) is 0 Å². The second-order valence-corrected chi connectivity index (χ2v) is 9.11. The third kappa shape index (κ3) is 8.61. The molecule has 6 heteroatoms. The Balaban J connectivity index is 2.31.